The van der Waals surface area contributed by atoms with E-state index in [1.165, 1.54) is 49.8 Å². The van der Waals surface area contributed by atoms with Crippen LogP contribution in [0.4, 0.5) is 5.69 Å². The van der Waals surface area contributed by atoms with E-state index in [1.54, 1.807) is 6.08 Å². The smallest absolute Gasteiger partial charge is 0.348 e. The maximum atomic E-state index is 12.7. The third-order valence-electron chi connectivity index (χ3n) is 9.16. The molecule has 2 heterocycles. The number of rotatable bonds is 16. The number of aliphatic carboxylic acids is 2. The third-order valence-corrected chi connectivity index (χ3v) is 9.16. The molecule has 10 nitrogen and oxygen atoms in total. The predicted molar refractivity (Wildman–Crippen MR) is 212 cm³/mol. The zero-order valence-electron chi connectivity index (χ0n) is 30.0. The van der Waals surface area contributed by atoms with Gasteiger partial charge in [-0.3, -0.25) is 4.79 Å². The van der Waals surface area contributed by atoms with Gasteiger partial charge >= 0.3 is 11.9 Å². The Hall–Kier alpha value is -6.55. The highest BCUT2D eigenvalue weighted by Gasteiger charge is 2.28. The second-order valence-electron chi connectivity index (χ2n) is 13.2. The first-order valence-corrected chi connectivity index (χ1v) is 18.1. The molecule has 0 fully saturated rings. The highest BCUT2D eigenvalue weighted by Crippen LogP contribution is 2.34. The molecule has 0 spiro atoms. The van der Waals surface area contributed by atoms with E-state index < -0.39 is 18.0 Å². The lowest BCUT2D eigenvalue weighted by Crippen LogP contribution is -2.19. The van der Waals surface area contributed by atoms with Crippen molar-refractivity contribution in [3.63, 3.8) is 0 Å². The quantitative estimate of drug-likeness (QED) is 0.0585. The van der Waals surface area contributed by atoms with Gasteiger partial charge in [0.25, 0.3) is 0 Å². The van der Waals surface area contributed by atoms with Crippen molar-refractivity contribution in [3.8, 4) is 33.9 Å². The van der Waals surface area contributed by atoms with E-state index >= 15 is 0 Å². The summed E-state index contributed by atoms with van der Waals surface area (Å²) in [5, 5.41) is 25.2. The van der Waals surface area contributed by atoms with Gasteiger partial charge in [0, 0.05) is 41.0 Å². The van der Waals surface area contributed by atoms with E-state index in [-0.39, 0.29) is 12.3 Å². The molecule has 1 aliphatic heterocycles. The first-order chi connectivity index (χ1) is 26.2. The highest BCUT2D eigenvalue weighted by molar-refractivity contribution is 6.04. The molecule has 274 valence electrons. The van der Waals surface area contributed by atoms with Crippen molar-refractivity contribution in [2.75, 3.05) is 5.32 Å². The largest absolute Gasteiger partial charge is 0.478 e. The highest BCUT2D eigenvalue weighted by atomic mass is 16.7. The number of oxime groups is 1. The van der Waals surface area contributed by atoms with Gasteiger partial charge in [0.15, 0.2) is 0 Å². The monoisotopic (exact) mass is 722 g/mol. The summed E-state index contributed by atoms with van der Waals surface area (Å²) in [6.07, 6.45) is 12.4. The summed E-state index contributed by atoms with van der Waals surface area (Å²) in [4.78, 5) is 48.5. The average Bonchev–Trinajstić information content (AvgIpc) is 3.87. The van der Waals surface area contributed by atoms with Gasteiger partial charge < -0.3 is 25.4 Å². The Bertz CT molecular complexity index is 2160. The number of aryl methyl sites for hydroxylation is 1. The maximum Gasteiger partial charge on any atom is 0.348 e. The summed E-state index contributed by atoms with van der Waals surface area (Å²) >= 11 is 0. The molecule has 0 radical (unpaired) electrons. The van der Waals surface area contributed by atoms with Crippen LogP contribution in [-0.4, -0.2) is 49.8 Å². The van der Waals surface area contributed by atoms with Crippen molar-refractivity contribution in [2.24, 2.45) is 5.16 Å². The normalized spacial score (nSPS) is 13.9. The molecule has 5 aromatic rings. The van der Waals surface area contributed by atoms with Crippen LogP contribution >= 0.6 is 0 Å². The van der Waals surface area contributed by atoms with Crippen molar-refractivity contribution < 1.29 is 29.4 Å². The number of aromatic amines is 1. The first kappa shape index (κ1) is 37.2. The lowest BCUT2D eigenvalue weighted by molar-refractivity contribution is -0.148. The topological polar surface area (TPSA) is 154 Å². The maximum absolute atomic E-state index is 12.7. The molecular formula is C44H42N4O6. The van der Waals surface area contributed by atoms with E-state index in [2.05, 4.69) is 34.5 Å². The number of nitrogens with zero attached hydrogens (tertiary/aromatic N) is 2. The van der Waals surface area contributed by atoms with Crippen LogP contribution in [0.5, 0.6) is 0 Å². The van der Waals surface area contributed by atoms with Gasteiger partial charge in [0.05, 0.1) is 17.1 Å². The van der Waals surface area contributed by atoms with E-state index in [4.69, 9.17) is 14.9 Å². The average molecular weight is 723 g/mol. The number of aromatic nitrogens is 2. The van der Waals surface area contributed by atoms with Crippen LogP contribution in [0.2, 0.25) is 0 Å². The van der Waals surface area contributed by atoms with Gasteiger partial charge in [-0.1, -0.05) is 123 Å². The molecule has 0 bridgehead atoms. The second-order valence-corrected chi connectivity index (χ2v) is 13.2. The fraction of sp³-hybridized carbons (Fsp3) is 0.205. The molecule has 54 heavy (non-hydrogen) atoms. The van der Waals surface area contributed by atoms with E-state index in [0.717, 1.165) is 57.3 Å². The van der Waals surface area contributed by atoms with Crippen LogP contribution in [0.15, 0.2) is 114 Å². The Morgan fingerprint density at radius 2 is 1.37 bits per heavy atom. The van der Waals surface area contributed by atoms with Gasteiger partial charge in [0.2, 0.25) is 12.0 Å². The molecule has 1 amide bonds. The molecule has 0 saturated carbocycles. The van der Waals surface area contributed by atoms with Crippen LogP contribution in [-0.2, 0) is 25.6 Å². The molecule has 0 aliphatic carbocycles. The number of carboxylic acids is 2. The molecule has 1 aromatic heterocycles. The van der Waals surface area contributed by atoms with Gasteiger partial charge in [-0.05, 0) is 59.4 Å². The third kappa shape index (κ3) is 9.86. The summed E-state index contributed by atoms with van der Waals surface area (Å²) in [6, 6.07) is 30.8. The lowest BCUT2D eigenvalue weighted by atomic mass is 10.0. The number of hydrogen-bond donors (Lipinski definition) is 4. The van der Waals surface area contributed by atoms with E-state index in [9.17, 15) is 19.5 Å². The van der Waals surface area contributed by atoms with Crippen molar-refractivity contribution in [1.82, 2.24) is 9.97 Å². The predicted octanol–water partition coefficient (Wildman–Crippen LogP) is 9.25. The Kier molecular flexibility index (Phi) is 12.3. The van der Waals surface area contributed by atoms with Crippen molar-refractivity contribution in [2.45, 2.75) is 58.0 Å². The number of carboxylic acid groups (broad SMARTS) is 2. The fourth-order valence-corrected chi connectivity index (χ4v) is 6.15. The molecule has 1 unspecified atom stereocenters. The van der Waals surface area contributed by atoms with Crippen molar-refractivity contribution in [1.29, 1.82) is 0 Å². The zero-order chi connectivity index (χ0) is 37.9. The first-order valence-electron chi connectivity index (χ1n) is 18.1. The number of imidazole rings is 1. The summed E-state index contributed by atoms with van der Waals surface area (Å²) in [6.45, 7) is 2.22. The van der Waals surface area contributed by atoms with Crippen LogP contribution < -0.4 is 5.32 Å². The minimum absolute atomic E-state index is 0.185. The molecule has 6 rings (SSSR count). The zero-order valence-corrected chi connectivity index (χ0v) is 30.0. The van der Waals surface area contributed by atoms with Gasteiger partial charge in [-0.2, -0.15) is 0 Å². The number of unbranched alkanes of at least 4 members (excludes halogenated alkanes) is 4. The van der Waals surface area contributed by atoms with Crippen LogP contribution in [0.25, 0.3) is 46.1 Å². The van der Waals surface area contributed by atoms with E-state index in [1.807, 2.05) is 84.9 Å². The fourth-order valence-electron chi connectivity index (χ4n) is 6.15. The Morgan fingerprint density at radius 3 is 2.00 bits per heavy atom. The van der Waals surface area contributed by atoms with Crippen LogP contribution in [0, 0.1) is 0 Å². The minimum atomic E-state index is -1.05. The number of anilines is 1. The lowest BCUT2D eigenvalue weighted by Gasteiger charge is -2.06. The van der Waals surface area contributed by atoms with Gasteiger partial charge in [-0.15, -0.1) is 0 Å². The van der Waals surface area contributed by atoms with E-state index in [0.29, 0.717) is 17.2 Å². The standard InChI is InChI=1S/C44H42N4O6/c1-2-3-4-5-6-7-29-12-24-36(25-13-29)45-39(49)26-14-30-8-16-33(17-9-30)41-42(34-18-10-31(11-19-34)15-27-40(50)51)47-43(46-41)35-22-20-32(21-23-35)37-28-38(44(52)53)54-48-37/h8-27,38H,2-7,28H2,1H3,(H,45,49)(H,46,47)(H,50,51)(H,52,53). The number of carbonyl (C=O) groups excluding carboxylic acids is 1. The van der Waals surface area contributed by atoms with Crippen molar-refractivity contribution >= 4 is 41.4 Å². The molecular weight excluding hydrogens is 681 g/mol. The molecule has 1 aliphatic rings. The van der Waals surface area contributed by atoms with Gasteiger partial charge in [-0.25, -0.2) is 14.6 Å². The summed E-state index contributed by atoms with van der Waals surface area (Å²) in [5.41, 5.74) is 8.94. The minimum Gasteiger partial charge on any atom is -0.478 e. The molecule has 10 heteroatoms. The number of H-pyrrole nitrogens is 1. The molecule has 4 N–H and O–H groups in total. The van der Waals surface area contributed by atoms with Crippen LogP contribution in [0.1, 0.15) is 67.7 Å². The number of benzene rings is 4. The van der Waals surface area contributed by atoms with Gasteiger partial charge in [0.1, 0.15) is 5.82 Å². The number of nitrogens with one attached hydrogen (secondary N) is 2. The summed E-state index contributed by atoms with van der Waals surface area (Å²) < 4.78 is 0. The molecule has 4 aromatic carbocycles. The second kappa shape index (κ2) is 17.8. The summed E-state index contributed by atoms with van der Waals surface area (Å²) in [5.74, 6) is -1.67. The Balaban J connectivity index is 1.17. The number of carbonyl (C=O) groups is 3. The molecule has 0 saturated heterocycles. The molecule has 1 atom stereocenters. The SMILES string of the molecule is CCCCCCCc1ccc(NC(=O)C=Cc2ccc(-c3[nH]c(-c4ccc(C5=NOC(C(=O)O)C5)cc4)nc3-c3ccc(C=CC(=O)O)cc3)cc2)cc1. The van der Waals surface area contributed by atoms with Crippen molar-refractivity contribution in [3.05, 3.63) is 131 Å². The Morgan fingerprint density at radius 1 is 0.759 bits per heavy atom. The Labute approximate surface area is 313 Å². The summed E-state index contributed by atoms with van der Waals surface area (Å²) in [7, 11) is 0. The number of hydrogen-bond acceptors (Lipinski definition) is 6. The van der Waals surface area contributed by atoms with Crippen LogP contribution in [0.3, 0.4) is 0 Å². The number of amides is 1.